The molecule has 3 aromatic rings. The van der Waals surface area contributed by atoms with E-state index in [1.54, 1.807) is 7.11 Å². The normalized spacial score (nSPS) is 14.8. The molecule has 1 aliphatic rings. The van der Waals surface area contributed by atoms with Crippen LogP contribution < -0.4 is 15.4 Å². The molecule has 2 aromatic heterocycles. The summed E-state index contributed by atoms with van der Waals surface area (Å²) in [4.78, 5) is 16.6. The molecule has 2 amide bonds. The number of aromatic nitrogens is 1. The van der Waals surface area contributed by atoms with Crippen LogP contribution in [-0.2, 0) is 13.0 Å². The smallest absolute Gasteiger partial charge is 0.319 e. The fourth-order valence-electron chi connectivity index (χ4n) is 4.01. The van der Waals surface area contributed by atoms with Gasteiger partial charge in [0.25, 0.3) is 0 Å². The summed E-state index contributed by atoms with van der Waals surface area (Å²) >= 11 is 1.83. The number of nitrogens with zero attached hydrogens (tertiary/aromatic N) is 2. The number of ether oxygens (including phenoxy) is 1. The first-order valence-electron chi connectivity index (χ1n) is 10.3. The van der Waals surface area contributed by atoms with E-state index in [0.717, 1.165) is 25.9 Å². The van der Waals surface area contributed by atoms with Crippen molar-refractivity contribution in [3.05, 3.63) is 64.8 Å². The van der Waals surface area contributed by atoms with Crippen molar-refractivity contribution < 1.29 is 9.53 Å². The molecule has 0 unspecified atom stereocenters. The lowest BCUT2D eigenvalue weighted by Gasteiger charge is -2.25. The average Bonchev–Trinajstić information content (AvgIpc) is 3.40. The summed E-state index contributed by atoms with van der Waals surface area (Å²) in [5.74, 6) is 0.643. The molecule has 0 saturated carbocycles. The highest BCUT2D eigenvalue weighted by Crippen LogP contribution is 2.40. The van der Waals surface area contributed by atoms with Gasteiger partial charge in [0.05, 0.1) is 18.8 Å². The number of fused-ring (bicyclic) bond motifs is 1. The van der Waals surface area contributed by atoms with Crippen LogP contribution in [0.15, 0.2) is 48.8 Å². The van der Waals surface area contributed by atoms with Gasteiger partial charge in [-0.3, -0.25) is 0 Å². The monoisotopic (exact) mass is 424 g/mol. The second kappa shape index (κ2) is 8.93. The summed E-state index contributed by atoms with van der Waals surface area (Å²) in [7, 11) is 3.76. The number of hydrogen-bond acceptors (Lipinski definition) is 4. The van der Waals surface area contributed by atoms with Gasteiger partial charge >= 0.3 is 6.03 Å². The van der Waals surface area contributed by atoms with Gasteiger partial charge in [0.1, 0.15) is 10.8 Å². The lowest BCUT2D eigenvalue weighted by atomic mass is 9.96. The van der Waals surface area contributed by atoms with Gasteiger partial charge in [0, 0.05) is 35.9 Å². The zero-order valence-electron chi connectivity index (χ0n) is 17.6. The van der Waals surface area contributed by atoms with Gasteiger partial charge in [0.15, 0.2) is 0 Å². The number of rotatable bonds is 6. The number of urea groups is 1. The standard InChI is InChI=1S/C23H28N4O2S/c1-4-17(24-23(28)25-18-9-5-6-10-19(18)29-3)21-16-11-14-26(2)15-20(16)30-22(21)27-12-7-8-13-27/h5-10,12-13,17H,4,11,14-15H2,1-3H3,(H2,24,25,28)/t17-/m0/s1. The molecule has 6 nitrogen and oxygen atoms in total. The third kappa shape index (κ3) is 4.08. The van der Waals surface area contributed by atoms with E-state index in [1.807, 2.05) is 47.7 Å². The number of carbonyl (C=O) groups is 1. The van der Waals surface area contributed by atoms with Crippen LogP contribution in [0.5, 0.6) is 5.75 Å². The zero-order valence-corrected chi connectivity index (χ0v) is 18.5. The van der Waals surface area contributed by atoms with E-state index >= 15 is 0 Å². The lowest BCUT2D eigenvalue weighted by Crippen LogP contribution is -2.34. The predicted octanol–water partition coefficient (Wildman–Crippen LogP) is 4.81. The topological polar surface area (TPSA) is 58.5 Å². The van der Waals surface area contributed by atoms with Crippen molar-refractivity contribution in [3.63, 3.8) is 0 Å². The second-order valence-corrected chi connectivity index (χ2v) is 8.64. The number of benzene rings is 1. The number of hydrogen-bond donors (Lipinski definition) is 2. The Morgan fingerprint density at radius 3 is 2.73 bits per heavy atom. The first-order valence-corrected chi connectivity index (χ1v) is 11.1. The Bertz CT molecular complexity index is 1010. The maximum atomic E-state index is 12.9. The van der Waals surface area contributed by atoms with Crippen molar-refractivity contribution in [1.29, 1.82) is 0 Å². The summed E-state index contributed by atoms with van der Waals surface area (Å²) in [6.45, 7) is 4.11. The Kier molecular flexibility index (Phi) is 6.11. The Hall–Kier alpha value is -2.77. The molecule has 7 heteroatoms. The lowest BCUT2D eigenvalue weighted by molar-refractivity contribution is 0.248. The van der Waals surface area contributed by atoms with E-state index in [4.69, 9.17) is 4.74 Å². The minimum Gasteiger partial charge on any atom is -0.495 e. The summed E-state index contributed by atoms with van der Waals surface area (Å²) in [6, 6.07) is 11.2. The van der Waals surface area contributed by atoms with Crippen LogP contribution in [-0.4, -0.2) is 36.2 Å². The van der Waals surface area contributed by atoms with E-state index in [-0.39, 0.29) is 12.1 Å². The Morgan fingerprint density at radius 2 is 2.00 bits per heavy atom. The third-order valence-electron chi connectivity index (χ3n) is 5.53. The van der Waals surface area contributed by atoms with Gasteiger partial charge in [-0.15, -0.1) is 11.3 Å². The first kappa shape index (κ1) is 20.5. The average molecular weight is 425 g/mol. The quantitative estimate of drug-likeness (QED) is 0.597. The molecule has 1 aliphatic heterocycles. The minimum absolute atomic E-state index is 0.0690. The summed E-state index contributed by atoms with van der Waals surface area (Å²) in [5.41, 5.74) is 3.30. The molecule has 4 rings (SSSR count). The molecular formula is C23H28N4O2S. The maximum Gasteiger partial charge on any atom is 0.319 e. The largest absolute Gasteiger partial charge is 0.495 e. The zero-order chi connectivity index (χ0) is 21.1. The van der Waals surface area contributed by atoms with Crippen molar-refractivity contribution >= 4 is 23.1 Å². The van der Waals surface area contributed by atoms with Crippen molar-refractivity contribution in [2.75, 3.05) is 26.0 Å². The SMILES string of the molecule is CC[C@H](NC(=O)Nc1ccccc1OC)c1c(-n2cccc2)sc2c1CCN(C)C2. The van der Waals surface area contributed by atoms with Crippen LogP contribution >= 0.6 is 11.3 Å². The van der Waals surface area contributed by atoms with Crippen LogP contribution in [0.2, 0.25) is 0 Å². The van der Waals surface area contributed by atoms with Crippen LogP contribution in [0.4, 0.5) is 10.5 Å². The molecule has 1 aromatic carbocycles. The Labute approximate surface area is 181 Å². The van der Waals surface area contributed by atoms with Gasteiger partial charge in [0.2, 0.25) is 0 Å². The fraction of sp³-hybridized carbons (Fsp3) is 0.348. The molecule has 0 spiro atoms. The molecule has 1 atom stereocenters. The van der Waals surface area contributed by atoms with E-state index in [1.165, 1.54) is 21.0 Å². The highest BCUT2D eigenvalue weighted by molar-refractivity contribution is 7.15. The van der Waals surface area contributed by atoms with Gasteiger partial charge in [-0.1, -0.05) is 19.1 Å². The Balaban J connectivity index is 1.63. The molecule has 2 N–H and O–H groups in total. The highest BCUT2D eigenvalue weighted by atomic mass is 32.1. The Morgan fingerprint density at radius 1 is 1.23 bits per heavy atom. The minimum atomic E-state index is -0.224. The third-order valence-corrected chi connectivity index (χ3v) is 6.77. The number of methoxy groups -OCH3 is 1. The molecule has 30 heavy (non-hydrogen) atoms. The molecule has 0 aliphatic carbocycles. The highest BCUT2D eigenvalue weighted by Gasteiger charge is 2.28. The molecule has 3 heterocycles. The molecule has 0 bridgehead atoms. The summed E-state index contributed by atoms with van der Waals surface area (Å²) in [6.07, 6.45) is 5.97. The number of thiophene rings is 1. The van der Waals surface area contributed by atoms with Crippen LogP contribution in [0.1, 0.15) is 35.4 Å². The van der Waals surface area contributed by atoms with E-state index in [9.17, 15) is 4.79 Å². The van der Waals surface area contributed by atoms with Gasteiger partial charge in [-0.05, 0) is 49.7 Å². The molecule has 0 fully saturated rings. The molecule has 0 saturated heterocycles. The molecular weight excluding hydrogens is 396 g/mol. The van der Waals surface area contributed by atoms with Gasteiger partial charge < -0.3 is 24.8 Å². The number of carbonyl (C=O) groups excluding carboxylic acids is 1. The van der Waals surface area contributed by atoms with Crippen molar-refractivity contribution in [1.82, 2.24) is 14.8 Å². The number of anilines is 1. The van der Waals surface area contributed by atoms with E-state index < -0.39 is 0 Å². The van der Waals surface area contributed by atoms with Gasteiger partial charge in [-0.2, -0.15) is 0 Å². The molecule has 158 valence electrons. The number of amides is 2. The second-order valence-electron chi connectivity index (χ2n) is 7.56. The summed E-state index contributed by atoms with van der Waals surface area (Å²) < 4.78 is 7.52. The van der Waals surface area contributed by atoms with E-state index in [0.29, 0.717) is 11.4 Å². The first-order chi connectivity index (χ1) is 14.6. The van der Waals surface area contributed by atoms with Crippen LogP contribution in [0.3, 0.4) is 0 Å². The van der Waals surface area contributed by atoms with Crippen molar-refractivity contribution in [2.45, 2.75) is 32.4 Å². The van der Waals surface area contributed by atoms with Crippen molar-refractivity contribution in [2.24, 2.45) is 0 Å². The van der Waals surface area contributed by atoms with Gasteiger partial charge in [-0.25, -0.2) is 4.79 Å². The van der Waals surface area contributed by atoms with Crippen LogP contribution in [0.25, 0.3) is 5.00 Å². The van der Waals surface area contributed by atoms with Crippen molar-refractivity contribution in [3.8, 4) is 10.8 Å². The maximum absolute atomic E-state index is 12.9. The fourth-order valence-corrected chi connectivity index (χ4v) is 5.46. The molecule has 0 radical (unpaired) electrons. The predicted molar refractivity (Wildman–Crippen MR) is 122 cm³/mol. The number of para-hydroxylation sites is 2. The summed E-state index contributed by atoms with van der Waals surface area (Å²) in [5, 5.41) is 7.35. The number of nitrogens with one attached hydrogen (secondary N) is 2. The van der Waals surface area contributed by atoms with Crippen LogP contribution in [0, 0.1) is 0 Å². The number of likely N-dealkylation sites (N-methyl/N-ethyl adjacent to an activating group) is 1. The van der Waals surface area contributed by atoms with E-state index in [2.05, 4.69) is 46.5 Å².